The van der Waals surface area contributed by atoms with Crippen molar-refractivity contribution in [2.24, 2.45) is 0 Å². The standard InChI is InChI=1S/C13H20N4O2S/c1-4-14-7-10-5-6-11(19-10)8-20-13-16-15-12(18)17(13)9(2)3/h5-6,9,14H,4,7-8H2,1-3H3,(H,15,18). The Morgan fingerprint density at radius 2 is 2.20 bits per heavy atom. The highest BCUT2D eigenvalue weighted by Gasteiger charge is 2.12. The highest BCUT2D eigenvalue weighted by Crippen LogP contribution is 2.22. The number of thioether (sulfide) groups is 1. The zero-order valence-electron chi connectivity index (χ0n) is 12.0. The van der Waals surface area contributed by atoms with Crippen molar-refractivity contribution < 1.29 is 4.42 Å². The van der Waals surface area contributed by atoms with Gasteiger partial charge < -0.3 is 9.73 Å². The van der Waals surface area contributed by atoms with Crippen LogP contribution in [0.15, 0.2) is 26.5 Å². The van der Waals surface area contributed by atoms with Crippen LogP contribution in [0.4, 0.5) is 0 Å². The number of rotatable bonds is 7. The summed E-state index contributed by atoms with van der Waals surface area (Å²) in [6.45, 7) is 7.63. The second kappa shape index (κ2) is 6.81. The van der Waals surface area contributed by atoms with Crippen molar-refractivity contribution in [3.8, 4) is 0 Å². The van der Waals surface area contributed by atoms with Crippen LogP contribution in [0.1, 0.15) is 38.3 Å². The number of nitrogens with one attached hydrogen (secondary N) is 2. The lowest BCUT2D eigenvalue weighted by Crippen LogP contribution is -2.19. The molecule has 0 aliphatic heterocycles. The molecule has 0 unspecified atom stereocenters. The number of hydrogen-bond acceptors (Lipinski definition) is 5. The van der Waals surface area contributed by atoms with E-state index in [1.54, 1.807) is 4.57 Å². The summed E-state index contributed by atoms with van der Waals surface area (Å²) in [5.41, 5.74) is -0.172. The van der Waals surface area contributed by atoms with E-state index < -0.39 is 0 Å². The van der Waals surface area contributed by atoms with Crippen LogP contribution in [0, 0.1) is 0 Å². The zero-order chi connectivity index (χ0) is 14.5. The van der Waals surface area contributed by atoms with Gasteiger partial charge in [-0.3, -0.25) is 4.57 Å². The van der Waals surface area contributed by atoms with Gasteiger partial charge in [0.25, 0.3) is 0 Å². The molecule has 2 rings (SSSR count). The van der Waals surface area contributed by atoms with Crippen molar-refractivity contribution in [3.05, 3.63) is 34.1 Å². The van der Waals surface area contributed by atoms with Crippen LogP contribution in [-0.4, -0.2) is 21.3 Å². The van der Waals surface area contributed by atoms with Crippen molar-refractivity contribution in [2.45, 2.75) is 44.3 Å². The first-order chi connectivity index (χ1) is 9.61. The van der Waals surface area contributed by atoms with E-state index in [9.17, 15) is 4.79 Å². The van der Waals surface area contributed by atoms with Gasteiger partial charge in [-0.05, 0) is 32.5 Å². The Balaban J connectivity index is 1.98. The Morgan fingerprint density at radius 3 is 2.90 bits per heavy atom. The molecule has 0 atom stereocenters. The first-order valence-corrected chi connectivity index (χ1v) is 7.68. The quantitative estimate of drug-likeness (QED) is 0.766. The monoisotopic (exact) mass is 296 g/mol. The van der Waals surface area contributed by atoms with Gasteiger partial charge in [-0.25, -0.2) is 9.89 Å². The van der Waals surface area contributed by atoms with Gasteiger partial charge >= 0.3 is 5.69 Å². The van der Waals surface area contributed by atoms with Crippen LogP contribution in [0.25, 0.3) is 0 Å². The van der Waals surface area contributed by atoms with Crippen LogP contribution < -0.4 is 11.0 Å². The average Bonchev–Trinajstić information content (AvgIpc) is 3.00. The fourth-order valence-electron chi connectivity index (χ4n) is 1.83. The predicted molar refractivity (Wildman–Crippen MR) is 78.9 cm³/mol. The molecule has 0 aliphatic rings. The molecular weight excluding hydrogens is 276 g/mol. The van der Waals surface area contributed by atoms with Crippen LogP contribution >= 0.6 is 11.8 Å². The topological polar surface area (TPSA) is 75.8 Å². The molecule has 0 saturated heterocycles. The third kappa shape index (κ3) is 3.55. The first kappa shape index (κ1) is 14.9. The Morgan fingerprint density at radius 1 is 1.45 bits per heavy atom. The Bertz CT molecular complexity index is 600. The second-order valence-electron chi connectivity index (χ2n) is 4.71. The largest absolute Gasteiger partial charge is 0.464 e. The fourth-order valence-corrected chi connectivity index (χ4v) is 2.80. The fraction of sp³-hybridized carbons (Fsp3) is 0.538. The highest BCUT2D eigenvalue weighted by molar-refractivity contribution is 7.98. The van der Waals surface area contributed by atoms with E-state index in [-0.39, 0.29) is 11.7 Å². The van der Waals surface area contributed by atoms with Crippen LogP contribution in [0.3, 0.4) is 0 Å². The molecule has 0 amide bonds. The molecule has 20 heavy (non-hydrogen) atoms. The van der Waals surface area contributed by atoms with E-state index in [1.165, 1.54) is 11.8 Å². The smallest absolute Gasteiger partial charge is 0.344 e. The molecule has 110 valence electrons. The molecule has 0 saturated carbocycles. The van der Waals surface area contributed by atoms with Crippen molar-refractivity contribution in [3.63, 3.8) is 0 Å². The number of furan rings is 1. The summed E-state index contributed by atoms with van der Waals surface area (Å²) in [5.74, 6) is 2.46. The van der Waals surface area contributed by atoms with Crippen molar-refractivity contribution in [2.75, 3.05) is 6.54 Å². The minimum atomic E-state index is -0.172. The maximum Gasteiger partial charge on any atom is 0.344 e. The minimum absolute atomic E-state index is 0.0877. The van der Waals surface area contributed by atoms with E-state index in [4.69, 9.17) is 4.42 Å². The molecule has 0 aliphatic carbocycles. The number of H-pyrrole nitrogens is 1. The molecule has 7 heteroatoms. The third-order valence-electron chi connectivity index (χ3n) is 2.80. The van der Waals surface area contributed by atoms with E-state index >= 15 is 0 Å². The van der Waals surface area contributed by atoms with E-state index in [1.807, 2.05) is 26.0 Å². The maximum absolute atomic E-state index is 11.6. The summed E-state index contributed by atoms with van der Waals surface area (Å²) in [6, 6.07) is 4.02. The Labute approximate surface area is 121 Å². The SMILES string of the molecule is CCNCc1ccc(CSc2n[nH]c(=O)n2C(C)C)o1. The van der Waals surface area contributed by atoms with Gasteiger partial charge in [-0.15, -0.1) is 5.10 Å². The van der Waals surface area contributed by atoms with Crippen molar-refractivity contribution >= 4 is 11.8 Å². The van der Waals surface area contributed by atoms with Crippen LogP contribution in [0.2, 0.25) is 0 Å². The highest BCUT2D eigenvalue weighted by atomic mass is 32.2. The van der Waals surface area contributed by atoms with Gasteiger partial charge in [0.1, 0.15) is 11.5 Å². The predicted octanol–water partition coefficient (Wildman–Crippen LogP) is 2.15. The molecule has 6 nitrogen and oxygen atoms in total. The lowest BCUT2D eigenvalue weighted by atomic mass is 10.4. The second-order valence-corrected chi connectivity index (χ2v) is 5.65. The molecule has 0 radical (unpaired) electrons. The van der Waals surface area contributed by atoms with Gasteiger partial charge in [-0.2, -0.15) is 0 Å². The number of nitrogens with zero attached hydrogens (tertiary/aromatic N) is 2. The lowest BCUT2D eigenvalue weighted by molar-refractivity contribution is 0.462. The molecule has 0 bridgehead atoms. The van der Waals surface area contributed by atoms with Crippen LogP contribution in [0.5, 0.6) is 0 Å². The summed E-state index contributed by atoms with van der Waals surface area (Å²) in [5, 5.41) is 10.4. The van der Waals surface area contributed by atoms with Gasteiger partial charge in [0.05, 0.1) is 12.3 Å². The number of aromatic amines is 1. The van der Waals surface area contributed by atoms with Gasteiger partial charge in [0.15, 0.2) is 5.16 Å². The van der Waals surface area contributed by atoms with E-state index in [0.29, 0.717) is 10.9 Å². The minimum Gasteiger partial charge on any atom is -0.464 e. The molecule has 0 fully saturated rings. The lowest BCUT2D eigenvalue weighted by Gasteiger charge is -2.07. The van der Waals surface area contributed by atoms with Crippen molar-refractivity contribution in [1.82, 2.24) is 20.1 Å². The molecule has 2 aromatic heterocycles. The zero-order valence-corrected chi connectivity index (χ0v) is 12.8. The molecule has 0 spiro atoms. The summed E-state index contributed by atoms with van der Waals surface area (Å²) >= 11 is 1.49. The number of hydrogen-bond donors (Lipinski definition) is 2. The molecule has 2 N–H and O–H groups in total. The normalized spacial score (nSPS) is 11.4. The maximum atomic E-state index is 11.6. The average molecular weight is 296 g/mol. The summed E-state index contributed by atoms with van der Waals surface area (Å²) < 4.78 is 7.35. The molecular formula is C13H20N4O2S. The van der Waals surface area contributed by atoms with Crippen LogP contribution in [-0.2, 0) is 12.3 Å². The summed E-state index contributed by atoms with van der Waals surface area (Å²) in [7, 11) is 0. The van der Waals surface area contributed by atoms with E-state index in [2.05, 4.69) is 22.4 Å². The first-order valence-electron chi connectivity index (χ1n) is 6.69. The summed E-state index contributed by atoms with van der Waals surface area (Å²) in [4.78, 5) is 11.6. The Kier molecular flexibility index (Phi) is 5.08. The molecule has 2 heterocycles. The number of aromatic nitrogens is 3. The molecule has 0 aromatic carbocycles. The van der Waals surface area contributed by atoms with Crippen molar-refractivity contribution in [1.29, 1.82) is 0 Å². The molecule has 2 aromatic rings. The van der Waals surface area contributed by atoms with E-state index in [0.717, 1.165) is 24.6 Å². The summed E-state index contributed by atoms with van der Waals surface area (Å²) in [6.07, 6.45) is 0. The Hall–Kier alpha value is -1.47. The van der Waals surface area contributed by atoms with Gasteiger partial charge in [0, 0.05) is 6.04 Å². The third-order valence-corrected chi connectivity index (χ3v) is 3.77. The van der Waals surface area contributed by atoms with Gasteiger partial charge in [0.2, 0.25) is 0 Å². The van der Waals surface area contributed by atoms with Gasteiger partial charge in [-0.1, -0.05) is 18.7 Å².